The molecule has 1 aromatic heterocycles. The predicted molar refractivity (Wildman–Crippen MR) is 126 cm³/mol. The summed E-state index contributed by atoms with van der Waals surface area (Å²) in [5.41, 5.74) is 4.63. The number of carbonyl (C=O) groups excluding carboxylic acids is 1. The highest BCUT2D eigenvalue weighted by Gasteiger charge is 2.52. The van der Waals surface area contributed by atoms with Gasteiger partial charge in [-0.2, -0.15) is 0 Å². The average Bonchev–Trinajstić information content (AvgIpc) is 3.43. The molecule has 1 N–H and O–H groups in total. The topological polar surface area (TPSA) is 63.7 Å². The molecular formula is C27H29N3O3. The Labute approximate surface area is 194 Å². The minimum absolute atomic E-state index is 0.0355. The number of pyridine rings is 1. The Morgan fingerprint density at radius 3 is 2.85 bits per heavy atom. The first-order valence-corrected chi connectivity index (χ1v) is 11.4. The maximum Gasteiger partial charge on any atom is 0.249 e. The third-order valence-electron chi connectivity index (χ3n) is 6.79. The van der Waals surface area contributed by atoms with Crippen molar-refractivity contribution < 1.29 is 14.3 Å². The molecule has 170 valence electrons. The van der Waals surface area contributed by atoms with Crippen molar-refractivity contribution in [1.82, 2.24) is 15.2 Å². The number of hydrogen-bond acceptors (Lipinski definition) is 5. The van der Waals surface area contributed by atoms with E-state index in [0.29, 0.717) is 19.6 Å². The Balaban J connectivity index is 1.30. The van der Waals surface area contributed by atoms with Crippen LogP contribution in [0.15, 0.2) is 73.1 Å². The van der Waals surface area contributed by atoms with Gasteiger partial charge in [0.25, 0.3) is 0 Å². The van der Waals surface area contributed by atoms with Crippen molar-refractivity contribution in [2.45, 2.75) is 37.6 Å². The molecule has 5 rings (SSSR count). The van der Waals surface area contributed by atoms with Gasteiger partial charge in [0.2, 0.25) is 5.91 Å². The van der Waals surface area contributed by atoms with E-state index in [4.69, 9.17) is 9.47 Å². The smallest absolute Gasteiger partial charge is 0.249 e. The summed E-state index contributed by atoms with van der Waals surface area (Å²) in [6.07, 6.45) is 4.51. The van der Waals surface area contributed by atoms with E-state index in [0.717, 1.165) is 30.8 Å². The van der Waals surface area contributed by atoms with Crippen molar-refractivity contribution in [1.29, 1.82) is 0 Å². The van der Waals surface area contributed by atoms with Crippen LogP contribution in [0.3, 0.4) is 0 Å². The first kappa shape index (κ1) is 21.6. The van der Waals surface area contributed by atoms with Crippen LogP contribution in [-0.4, -0.2) is 42.2 Å². The first-order valence-electron chi connectivity index (χ1n) is 11.4. The van der Waals surface area contributed by atoms with Gasteiger partial charge in [0.15, 0.2) is 0 Å². The average molecular weight is 444 g/mol. The number of aromatic nitrogens is 1. The lowest BCUT2D eigenvalue weighted by molar-refractivity contribution is -0.130. The van der Waals surface area contributed by atoms with Crippen LogP contribution in [0.1, 0.15) is 28.7 Å². The van der Waals surface area contributed by atoms with Gasteiger partial charge in [0.1, 0.15) is 11.9 Å². The molecule has 0 unspecified atom stereocenters. The fourth-order valence-electron chi connectivity index (χ4n) is 5.07. The number of carbonyl (C=O) groups is 1. The normalized spacial score (nSPS) is 21.8. The lowest BCUT2D eigenvalue weighted by atomic mass is 9.86. The molecule has 0 saturated carbocycles. The van der Waals surface area contributed by atoms with E-state index >= 15 is 0 Å². The van der Waals surface area contributed by atoms with Crippen molar-refractivity contribution >= 4 is 5.91 Å². The van der Waals surface area contributed by atoms with Gasteiger partial charge >= 0.3 is 0 Å². The van der Waals surface area contributed by atoms with Crippen LogP contribution in [0.4, 0.5) is 0 Å². The van der Waals surface area contributed by atoms with E-state index in [-0.39, 0.29) is 11.4 Å². The molecule has 1 spiro atoms. The number of hydrogen-bond donors (Lipinski definition) is 1. The van der Waals surface area contributed by atoms with Gasteiger partial charge in [-0.05, 0) is 52.9 Å². The zero-order valence-corrected chi connectivity index (χ0v) is 18.9. The number of ether oxygens (including phenoxy) is 2. The van der Waals surface area contributed by atoms with Crippen LogP contribution in [0, 0.1) is 0 Å². The largest absolute Gasteiger partial charge is 0.497 e. The predicted octanol–water partition coefficient (Wildman–Crippen LogP) is 3.45. The molecule has 2 aliphatic rings. The van der Waals surface area contributed by atoms with Gasteiger partial charge in [-0.3, -0.25) is 14.7 Å². The molecule has 0 aliphatic carbocycles. The van der Waals surface area contributed by atoms with Crippen molar-refractivity contribution in [3.05, 3.63) is 95.3 Å². The molecule has 1 amide bonds. The van der Waals surface area contributed by atoms with Crippen LogP contribution in [0.2, 0.25) is 0 Å². The second-order valence-corrected chi connectivity index (χ2v) is 8.80. The molecule has 0 bridgehead atoms. The van der Waals surface area contributed by atoms with Crippen molar-refractivity contribution in [3.8, 4) is 5.75 Å². The third kappa shape index (κ3) is 4.36. The second kappa shape index (κ2) is 9.33. The van der Waals surface area contributed by atoms with Gasteiger partial charge in [0.05, 0.1) is 19.3 Å². The van der Waals surface area contributed by atoms with Crippen LogP contribution in [0.5, 0.6) is 5.75 Å². The lowest BCUT2D eigenvalue weighted by Crippen LogP contribution is -2.42. The van der Waals surface area contributed by atoms with E-state index < -0.39 is 6.10 Å². The molecule has 6 heteroatoms. The molecule has 6 nitrogen and oxygen atoms in total. The summed E-state index contributed by atoms with van der Waals surface area (Å²) in [5.74, 6) is 0.819. The molecular weight excluding hydrogens is 414 g/mol. The van der Waals surface area contributed by atoms with E-state index in [2.05, 4.69) is 51.6 Å². The van der Waals surface area contributed by atoms with Crippen molar-refractivity contribution in [2.75, 3.05) is 20.3 Å². The lowest BCUT2D eigenvalue weighted by Gasteiger charge is -2.35. The fraction of sp³-hybridized carbons (Fsp3) is 0.333. The van der Waals surface area contributed by atoms with E-state index in [1.807, 2.05) is 24.3 Å². The second-order valence-electron chi connectivity index (χ2n) is 8.80. The zero-order chi connectivity index (χ0) is 22.7. The third-order valence-corrected chi connectivity index (χ3v) is 6.79. The van der Waals surface area contributed by atoms with Gasteiger partial charge < -0.3 is 14.8 Å². The number of benzene rings is 2. The summed E-state index contributed by atoms with van der Waals surface area (Å²) in [4.78, 5) is 19.4. The Morgan fingerprint density at radius 1 is 1.15 bits per heavy atom. The molecule has 33 heavy (non-hydrogen) atoms. The molecule has 3 heterocycles. The molecule has 2 aromatic carbocycles. The zero-order valence-electron chi connectivity index (χ0n) is 18.9. The maximum absolute atomic E-state index is 13.0. The fourth-order valence-corrected chi connectivity index (χ4v) is 5.07. The van der Waals surface area contributed by atoms with Crippen molar-refractivity contribution in [2.24, 2.45) is 0 Å². The number of amides is 1. The standard InChI is InChI=1S/C27H29N3O3/c1-32-23-7-4-5-21(15-23)17-30-18-22-6-2-3-8-24(22)27(30)16-25(33-19-27)26(31)29-14-11-20-9-12-28-13-10-20/h2-10,12-13,15,25H,11,14,16-19H2,1H3,(H,29,31)/t25-,27-/m1/s1. The SMILES string of the molecule is COc1cccc(CN2Cc3ccccc3[C@@]23CO[C@@H](C(=O)NCCc2ccncc2)C3)c1. The summed E-state index contributed by atoms with van der Waals surface area (Å²) in [7, 11) is 1.69. The Bertz CT molecular complexity index is 1120. The molecule has 1 fully saturated rings. The minimum Gasteiger partial charge on any atom is -0.497 e. The van der Waals surface area contributed by atoms with E-state index in [1.165, 1.54) is 16.7 Å². The summed E-state index contributed by atoms with van der Waals surface area (Å²) in [6.45, 7) is 2.70. The number of fused-ring (bicyclic) bond motifs is 2. The molecule has 3 aromatic rings. The van der Waals surface area contributed by atoms with Gasteiger partial charge in [-0.1, -0.05) is 36.4 Å². The monoisotopic (exact) mass is 443 g/mol. The Hall–Kier alpha value is -3.22. The summed E-state index contributed by atoms with van der Waals surface area (Å²) < 4.78 is 11.6. The van der Waals surface area contributed by atoms with E-state index in [9.17, 15) is 4.79 Å². The number of rotatable bonds is 7. The van der Waals surface area contributed by atoms with Gasteiger partial charge in [0, 0.05) is 38.4 Å². The van der Waals surface area contributed by atoms with Crippen LogP contribution >= 0.6 is 0 Å². The van der Waals surface area contributed by atoms with E-state index in [1.54, 1.807) is 19.5 Å². The minimum atomic E-state index is -0.457. The molecule has 1 saturated heterocycles. The maximum atomic E-state index is 13.0. The first-order chi connectivity index (χ1) is 16.2. The number of methoxy groups -OCH3 is 1. The summed E-state index contributed by atoms with van der Waals surface area (Å²) >= 11 is 0. The van der Waals surface area contributed by atoms with Crippen molar-refractivity contribution in [3.63, 3.8) is 0 Å². The van der Waals surface area contributed by atoms with Crippen LogP contribution < -0.4 is 10.1 Å². The Morgan fingerprint density at radius 2 is 2.00 bits per heavy atom. The van der Waals surface area contributed by atoms with Crippen LogP contribution in [0.25, 0.3) is 0 Å². The molecule has 0 radical (unpaired) electrons. The molecule has 2 atom stereocenters. The highest BCUT2D eigenvalue weighted by molar-refractivity contribution is 5.81. The summed E-state index contributed by atoms with van der Waals surface area (Å²) in [6, 6.07) is 20.7. The van der Waals surface area contributed by atoms with Gasteiger partial charge in [-0.25, -0.2) is 0 Å². The Kier molecular flexibility index (Phi) is 6.11. The number of nitrogens with zero attached hydrogens (tertiary/aromatic N) is 2. The summed E-state index contributed by atoms with van der Waals surface area (Å²) in [5, 5.41) is 3.06. The highest BCUT2D eigenvalue weighted by atomic mass is 16.5. The van der Waals surface area contributed by atoms with Gasteiger partial charge in [-0.15, -0.1) is 0 Å². The number of nitrogens with one attached hydrogen (secondary N) is 1. The quantitative estimate of drug-likeness (QED) is 0.606. The highest BCUT2D eigenvalue weighted by Crippen LogP contribution is 2.47. The molecule has 2 aliphatic heterocycles. The van der Waals surface area contributed by atoms with Crippen LogP contribution in [-0.2, 0) is 34.6 Å².